The number of imidazole rings is 1. The molecule has 1 aromatic heterocycles. The van der Waals surface area contributed by atoms with Gasteiger partial charge < -0.3 is 0 Å². The van der Waals surface area contributed by atoms with E-state index in [1.165, 1.54) is 29.1 Å². The van der Waals surface area contributed by atoms with Crippen LogP contribution in [0, 0.1) is 6.92 Å². The Hall–Kier alpha value is -3.12. The van der Waals surface area contributed by atoms with Crippen molar-refractivity contribution in [1.29, 1.82) is 0 Å². The molecule has 1 heterocycles. The van der Waals surface area contributed by atoms with Gasteiger partial charge in [-0.3, -0.25) is 4.57 Å². The van der Waals surface area contributed by atoms with E-state index in [4.69, 9.17) is 0 Å². The fourth-order valence-corrected chi connectivity index (χ4v) is 4.37. The van der Waals surface area contributed by atoms with Gasteiger partial charge in [-0.1, -0.05) is 60.2 Å². The standard InChI is InChI=1S/C21H18N2O3S/c1-16-9-11-19(12-10-16)27(25,26)23-14-13-22(21(23)24)15-18-7-4-6-17-5-2-3-8-20(17)18/h2-14H,15H2,1H3. The smallest absolute Gasteiger partial charge is 0.294 e. The summed E-state index contributed by atoms with van der Waals surface area (Å²) in [5.74, 6) is 0. The summed E-state index contributed by atoms with van der Waals surface area (Å²) in [5, 5.41) is 2.12. The second-order valence-electron chi connectivity index (χ2n) is 6.46. The van der Waals surface area contributed by atoms with Gasteiger partial charge in [0.1, 0.15) is 0 Å². The van der Waals surface area contributed by atoms with E-state index >= 15 is 0 Å². The first-order valence-electron chi connectivity index (χ1n) is 8.53. The zero-order valence-corrected chi connectivity index (χ0v) is 15.6. The molecule has 0 fully saturated rings. The van der Waals surface area contributed by atoms with Gasteiger partial charge in [0.25, 0.3) is 10.0 Å². The normalized spacial score (nSPS) is 11.7. The van der Waals surface area contributed by atoms with Gasteiger partial charge in [-0.25, -0.2) is 13.2 Å². The maximum absolute atomic E-state index is 12.8. The van der Waals surface area contributed by atoms with Gasteiger partial charge in [-0.15, -0.1) is 0 Å². The molecular formula is C21H18N2O3S. The van der Waals surface area contributed by atoms with Crippen LogP contribution in [0.15, 0.2) is 88.8 Å². The third kappa shape index (κ3) is 3.08. The van der Waals surface area contributed by atoms with Crippen molar-refractivity contribution in [3.63, 3.8) is 0 Å². The number of hydrogen-bond acceptors (Lipinski definition) is 3. The molecule has 0 aliphatic carbocycles. The Morgan fingerprint density at radius 2 is 1.56 bits per heavy atom. The Morgan fingerprint density at radius 3 is 2.33 bits per heavy atom. The van der Waals surface area contributed by atoms with Gasteiger partial charge in [-0.2, -0.15) is 3.97 Å². The van der Waals surface area contributed by atoms with Crippen LogP contribution in [-0.2, 0) is 16.6 Å². The fourth-order valence-electron chi connectivity index (χ4n) is 3.14. The zero-order valence-electron chi connectivity index (χ0n) is 14.7. The monoisotopic (exact) mass is 378 g/mol. The lowest BCUT2D eigenvalue weighted by Gasteiger charge is -2.07. The maximum Gasteiger partial charge on any atom is 0.342 e. The molecule has 0 saturated heterocycles. The molecule has 0 saturated carbocycles. The van der Waals surface area contributed by atoms with Crippen molar-refractivity contribution in [3.8, 4) is 0 Å². The van der Waals surface area contributed by atoms with Gasteiger partial charge in [0.15, 0.2) is 0 Å². The molecule has 0 aliphatic rings. The summed E-state index contributed by atoms with van der Waals surface area (Å²) in [5.41, 5.74) is 1.33. The highest BCUT2D eigenvalue weighted by molar-refractivity contribution is 7.90. The molecule has 4 aromatic rings. The zero-order chi connectivity index (χ0) is 19.0. The molecule has 4 rings (SSSR count). The minimum absolute atomic E-state index is 0.0955. The average molecular weight is 378 g/mol. The van der Waals surface area contributed by atoms with Crippen LogP contribution >= 0.6 is 0 Å². The van der Waals surface area contributed by atoms with E-state index < -0.39 is 15.7 Å². The van der Waals surface area contributed by atoms with E-state index in [-0.39, 0.29) is 4.90 Å². The van der Waals surface area contributed by atoms with Gasteiger partial charge >= 0.3 is 5.69 Å². The SMILES string of the molecule is Cc1ccc(S(=O)(=O)n2ccn(Cc3cccc4ccccc34)c2=O)cc1. The van der Waals surface area contributed by atoms with Crippen LogP contribution in [-0.4, -0.2) is 17.0 Å². The fraction of sp³-hybridized carbons (Fsp3) is 0.0952. The van der Waals surface area contributed by atoms with Gasteiger partial charge in [0.2, 0.25) is 0 Å². The first-order valence-corrected chi connectivity index (χ1v) is 9.97. The van der Waals surface area contributed by atoms with E-state index in [0.717, 1.165) is 25.9 Å². The number of rotatable bonds is 4. The van der Waals surface area contributed by atoms with Crippen molar-refractivity contribution in [3.05, 3.63) is 101 Å². The largest absolute Gasteiger partial charge is 0.342 e. The summed E-state index contributed by atoms with van der Waals surface area (Å²) in [6, 6.07) is 20.3. The third-order valence-corrected chi connectivity index (χ3v) is 6.28. The van der Waals surface area contributed by atoms with Crippen LogP contribution in [0.5, 0.6) is 0 Å². The van der Waals surface area contributed by atoms with Crippen LogP contribution < -0.4 is 5.69 Å². The van der Waals surface area contributed by atoms with E-state index in [1.54, 1.807) is 12.1 Å². The van der Waals surface area contributed by atoms with Crippen molar-refractivity contribution in [2.75, 3.05) is 0 Å². The summed E-state index contributed by atoms with van der Waals surface area (Å²) in [4.78, 5) is 12.8. The van der Waals surface area contributed by atoms with Crippen molar-refractivity contribution < 1.29 is 8.42 Å². The number of hydrogen-bond donors (Lipinski definition) is 0. The predicted molar refractivity (Wildman–Crippen MR) is 106 cm³/mol. The Bertz CT molecular complexity index is 1280. The summed E-state index contributed by atoms with van der Waals surface area (Å²) >= 11 is 0. The number of aromatic nitrogens is 2. The second-order valence-corrected chi connectivity index (χ2v) is 8.28. The predicted octanol–water partition coefficient (Wildman–Crippen LogP) is 3.40. The number of benzene rings is 3. The Labute approximate surface area is 157 Å². The summed E-state index contributed by atoms with van der Waals surface area (Å²) in [7, 11) is -3.92. The first-order chi connectivity index (χ1) is 13.0. The lowest BCUT2D eigenvalue weighted by molar-refractivity contribution is 0.583. The number of fused-ring (bicyclic) bond motifs is 1. The number of aryl methyl sites for hydroxylation is 1. The topological polar surface area (TPSA) is 61.1 Å². The highest BCUT2D eigenvalue weighted by Crippen LogP contribution is 2.19. The molecule has 0 radical (unpaired) electrons. The first kappa shape index (κ1) is 17.3. The molecule has 0 bridgehead atoms. The van der Waals surface area contributed by atoms with Crippen LogP contribution in [0.25, 0.3) is 10.8 Å². The molecule has 5 nitrogen and oxygen atoms in total. The lowest BCUT2D eigenvalue weighted by Crippen LogP contribution is -2.29. The number of nitrogens with zero attached hydrogens (tertiary/aromatic N) is 2. The van der Waals surface area contributed by atoms with Crippen molar-refractivity contribution >= 4 is 20.8 Å². The molecule has 6 heteroatoms. The molecule has 0 atom stereocenters. The van der Waals surface area contributed by atoms with Crippen LogP contribution in [0.2, 0.25) is 0 Å². The van der Waals surface area contributed by atoms with E-state index in [9.17, 15) is 13.2 Å². The quantitative estimate of drug-likeness (QED) is 0.547. The summed E-state index contributed by atoms with van der Waals surface area (Å²) in [6.07, 6.45) is 2.82. The van der Waals surface area contributed by atoms with Crippen molar-refractivity contribution in [1.82, 2.24) is 8.54 Å². The minimum atomic E-state index is -3.92. The summed E-state index contributed by atoms with van der Waals surface area (Å²) in [6.45, 7) is 2.18. The highest BCUT2D eigenvalue weighted by Gasteiger charge is 2.20. The molecule has 0 amide bonds. The molecule has 0 aliphatic heterocycles. The maximum atomic E-state index is 12.8. The lowest BCUT2D eigenvalue weighted by atomic mass is 10.0. The molecule has 3 aromatic carbocycles. The van der Waals surface area contributed by atoms with E-state index in [2.05, 4.69) is 0 Å². The molecule has 27 heavy (non-hydrogen) atoms. The molecule has 0 N–H and O–H groups in total. The van der Waals surface area contributed by atoms with Gasteiger partial charge in [-0.05, 0) is 35.4 Å². The minimum Gasteiger partial charge on any atom is -0.294 e. The highest BCUT2D eigenvalue weighted by atomic mass is 32.2. The van der Waals surface area contributed by atoms with Gasteiger partial charge in [0, 0.05) is 12.4 Å². The molecule has 136 valence electrons. The van der Waals surface area contributed by atoms with Gasteiger partial charge in [0.05, 0.1) is 11.4 Å². The molecular weight excluding hydrogens is 360 g/mol. The van der Waals surface area contributed by atoms with E-state index in [1.807, 2.05) is 49.4 Å². The third-order valence-electron chi connectivity index (χ3n) is 4.61. The van der Waals surface area contributed by atoms with E-state index in [0.29, 0.717) is 6.54 Å². The molecule has 0 spiro atoms. The second kappa shape index (κ2) is 6.55. The average Bonchev–Trinajstić information content (AvgIpc) is 3.04. The Balaban J connectivity index is 1.74. The van der Waals surface area contributed by atoms with Crippen LogP contribution in [0.4, 0.5) is 0 Å². The summed E-state index contributed by atoms with van der Waals surface area (Å²) < 4.78 is 27.8. The Morgan fingerprint density at radius 1 is 0.852 bits per heavy atom. The van der Waals surface area contributed by atoms with Crippen LogP contribution in [0.1, 0.15) is 11.1 Å². The van der Waals surface area contributed by atoms with Crippen molar-refractivity contribution in [2.45, 2.75) is 18.4 Å². The molecule has 0 unspecified atom stereocenters. The Kier molecular flexibility index (Phi) is 4.20. The van der Waals surface area contributed by atoms with Crippen LogP contribution in [0.3, 0.4) is 0 Å². The van der Waals surface area contributed by atoms with Crippen molar-refractivity contribution in [2.24, 2.45) is 0 Å².